The second-order valence-corrected chi connectivity index (χ2v) is 12.0. The van der Waals surface area contributed by atoms with E-state index in [-0.39, 0.29) is 0 Å². The Balaban J connectivity index is 1.49. The smallest absolute Gasteiger partial charge is 0.243 e. The number of piperidine rings is 1. The predicted octanol–water partition coefficient (Wildman–Crippen LogP) is 6.23. The number of hydrogen-bond donors (Lipinski definition) is 1. The second kappa shape index (κ2) is 10.1. The fourth-order valence-corrected chi connectivity index (χ4v) is 6.84. The molecule has 1 saturated heterocycles. The van der Waals surface area contributed by atoms with Crippen LogP contribution in [0.25, 0.3) is 11.3 Å². The Morgan fingerprint density at radius 2 is 1.91 bits per heavy atom. The van der Waals surface area contributed by atoms with E-state index in [0.29, 0.717) is 50.7 Å². The van der Waals surface area contributed by atoms with Crippen LogP contribution in [0.3, 0.4) is 0 Å². The van der Waals surface area contributed by atoms with E-state index in [2.05, 4.69) is 29.4 Å². The van der Waals surface area contributed by atoms with Crippen molar-refractivity contribution in [3.63, 3.8) is 0 Å². The van der Waals surface area contributed by atoms with Gasteiger partial charge in [-0.15, -0.1) is 11.3 Å². The molecule has 3 aromatic rings. The van der Waals surface area contributed by atoms with Crippen molar-refractivity contribution in [2.24, 2.45) is 16.9 Å². The maximum absolute atomic E-state index is 13.2. The third kappa shape index (κ3) is 5.75. The molecule has 33 heavy (non-hydrogen) atoms. The summed E-state index contributed by atoms with van der Waals surface area (Å²) in [6, 6.07) is 12.1. The molecule has 10 heteroatoms. The van der Waals surface area contributed by atoms with Crippen molar-refractivity contribution in [1.29, 1.82) is 0 Å². The van der Waals surface area contributed by atoms with Crippen LogP contribution in [0.4, 0.5) is 5.13 Å². The standard InChI is InChI=1S/C23H24Cl2N4O2S2/c1-15-8-16(2)13-29(12-15)33(30,31)20-5-3-4-17(9-20)22-14-32-23(27-22)28-26-11-18-6-7-19(24)10-21(18)25/h3-7,9-11,14-16H,8,12-13H2,1-2H3,(H,27,28). The van der Waals surface area contributed by atoms with Crippen LogP contribution in [0.1, 0.15) is 25.8 Å². The van der Waals surface area contributed by atoms with Gasteiger partial charge in [-0.1, -0.05) is 55.2 Å². The van der Waals surface area contributed by atoms with Gasteiger partial charge in [0.05, 0.1) is 21.8 Å². The number of nitrogens with one attached hydrogen (secondary N) is 1. The van der Waals surface area contributed by atoms with Crippen molar-refractivity contribution in [2.75, 3.05) is 18.5 Å². The molecule has 2 atom stereocenters. The van der Waals surface area contributed by atoms with E-state index in [4.69, 9.17) is 23.2 Å². The highest BCUT2D eigenvalue weighted by atomic mass is 35.5. The van der Waals surface area contributed by atoms with Gasteiger partial charge in [0, 0.05) is 34.6 Å². The minimum Gasteiger partial charge on any atom is -0.253 e. The number of benzene rings is 2. The summed E-state index contributed by atoms with van der Waals surface area (Å²) in [5, 5.41) is 7.69. The van der Waals surface area contributed by atoms with Gasteiger partial charge in [-0.3, -0.25) is 5.43 Å². The molecule has 174 valence electrons. The zero-order chi connectivity index (χ0) is 23.6. The third-order valence-corrected chi connectivity index (χ3v) is 8.57. The fraction of sp³-hybridized carbons (Fsp3) is 0.304. The van der Waals surface area contributed by atoms with Gasteiger partial charge >= 0.3 is 0 Å². The van der Waals surface area contributed by atoms with Gasteiger partial charge in [0.1, 0.15) is 0 Å². The molecule has 2 unspecified atom stereocenters. The average Bonchev–Trinajstić information content (AvgIpc) is 3.24. The molecule has 1 fully saturated rings. The van der Waals surface area contributed by atoms with E-state index >= 15 is 0 Å². The van der Waals surface area contributed by atoms with Crippen LogP contribution in [0.2, 0.25) is 10.0 Å². The van der Waals surface area contributed by atoms with Crippen LogP contribution in [0.15, 0.2) is 57.8 Å². The molecule has 1 N–H and O–H groups in total. The molecule has 6 nitrogen and oxygen atoms in total. The number of hydrazone groups is 1. The molecule has 0 radical (unpaired) electrons. The first kappa shape index (κ1) is 24.2. The number of sulfonamides is 1. The maximum atomic E-state index is 13.2. The predicted molar refractivity (Wildman–Crippen MR) is 137 cm³/mol. The van der Waals surface area contributed by atoms with Gasteiger partial charge in [0.15, 0.2) is 0 Å². The Morgan fingerprint density at radius 3 is 2.64 bits per heavy atom. The summed E-state index contributed by atoms with van der Waals surface area (Å²) < 4.78 is 28.1. The summed E-state index contributed by atoms with van der Waals surface area (Å²) >= 11 is 13.4. The van der Waals surface area contributed by atoms with Gasteiger partial charge in [-0.25, -0.2) is 13.4 Å². The molecule has 1 aliphatic rings. The Kier molecular flexibility index (Phi) is 7.40. The van der Waals surface area contributed by atoms with Crippen molar-refractivity contribution in [1.82, 2.24) is 9.29 Å². The van der Waals surface area contributed by atoms with Crippen LogP contribution in [0.5, 0.6) is 0 Å². The third-order valence-electron chi connectivity index (χ3n) is 5.43. The normalized spacial score (nSPS) is 19.8. The summed E-state index contributed by atoms with van der Waals surface area (Å²) in [7, 11) is -3.56. The van der Waals surface area contributed by atoms with Gasteiger partial charge in [-0.2, -0.15) is 9.41 Å². The highest BCUT2D eigenvalue weighted by Crippen LogP contribution is 2.30. The van der Waals surface area contributed by atoms with Crippen LogP contribution in [0, 0.1) is 11.8 Å². The second-order valence-electron chi connectivity index (χ2n) is 8.37. The molecule has 0 saturated carbocycles. The zero-order valence-electron chi connectivity index (χ0n) is 18.2. The van der Waals surface area contributed by atoms with Crippen molar-refractivity contribution in [3.8, 4) is 11.3 Å². The molecule has 0 bridgehead atoms. The average molecular weight is 524 g/mol. The highest BCUT2D eigenvalue weighted by molar-refractivity contribution is 7.89. The molecule has 0 aliphatic carbocycles. The van der Waals surface area contributed by atoms with Crippen molar-refractivity contribution in [3.05, 3.63) is 63.5 Å². The monoisotopic (exact) mass is 522 g/mol. The van der Waals surface area contributed by atoms with E-state index in [1.54, 1.807) is 46.9 Å². The van der Waals surface area contributed by atoms with Crippen LogP contribution in [-0.4, -0.2) is 37.0 Å². The summed E-state index contributed by atoms with van der Waals surface area (Å²) in [5.41, 5.74) is 5.04. The number of nitrogens with zero attached hydrogens (tertiary/aromatic N) is 3. The molecule has 4 rings (SSSR count). The topological polar surface area (TPSA) is 74.7 Å². The SMILES string of the molecule is CC1CC(C)CN(S(=O)(=O)c2cccc(-c3csc(NN=Cc4ccc(Cl)cc4Cl)n3)c2)C1. The number of halogens is 2. The summed E-state index contributed by atoms with van der Waals surface area (Å²) in [5.74, 6) is 0.698. The number of aromatic nitrogens is 1. The van der Waals surface area contributed by atoms with Crippen LogP contribution < -0.4 is 5.43 Å². The van der Waals surface area contributed by atoms with Gasteiger partial charge < -0.3 is 0 Å². The van der Waals surface area contributed by atoms with E-state index in [1.165, 1.54) is 11.3 Å². The number of hydrogen-bond acceptors (Lipinski definition) is 6. The first-order chi connectivity index (χ1) is 15.7. The molecular formula is C23H24Cl2N4O2S2. The van der Waals surface area contributed by atoms with Crippen LogP contribution in [-0.2, 0) is 10.0 Å². The minimum absolute atomic E-state index is 0.291. The lowest BCUT2D eigenvalue weighted by Crippen LogP contribution is -2.42. The Bertz CT molecular complexity index is 1270. The van der Waals surface area contributed by atoms with E-state index < -0.39 is 10.0 Å². The Hall–Kier alpha value is -1.97. The molecule has 1 aliphatic heterocycles. The van der Waals surface area contributed by atoms with Gasteiger partial charge in [-0.05, 0) is 42.5 Å². The number of thiazole rings is 1. The van der Waals surface area contributed by atoms with Crippen molar-refractivity contribution in [2.45, 2.75) is 25.2 Å². The Morgan fingerprint density at radius 1 is 1.15 bits per heavy atom. The van der Waals surface area contributed by atoms with E-state index in [0.717, 1.165) is 17.5 Å². The largest absolute Gasteiger partial charge is 0.253 e. The molecule has 2 aromatic carbocycles. The lowest BCUT2D eigenvalue weighted by Gasteiger charge is -2.34. The summed E-state index contributed by atoms with van der Waals surface area (Å²) in [6.45, 7) is 5.30. The zero-order valence-corrected chi connectivity index (χ0v) is 21.3. The van der Waals surface area contributed by atoms with Crippen LogP contribution >= 0.6 is 34.5 Å². The molecule has 2 heterocycles. The molecular weight excluding hydrogens is 499 g/mol. The van der Waals surface area contributed by atoms with Gasteiger partial charge in [0.2, 0.25) is 15.2 Å². The van der Waals surface area contributed by atoms with Gasteiger partial charge in [0.25, 0.3) is 0 Å². The lowest BCUT2D eigenvalue weighted by atomic mass is 9.94. The molecule has 0 amide bonds. The number of anilines is 1. The van der Waals surface area contributed by atoms with E-state index in [1.807, 2.05) is 11.4 Å². The minimum atomic E-state index is -3.56. The van der Waals surface area contributed by atoms with Crippen molar-refractivity contribution < 1.29 is 8.42 Å². The number of rotatable bonds is 6. The van der Waals surface area contributed by atoms with E-state index in [9.17, 15) is 8.42 Å². The summed E-state index contributed by atoms with van der Waals surface area (Å²) in [6.07, 6.45) is 2.64. The lowest BCUT2D eigenvalue weighted by molar-refractivity contribution is 0.222. The summed E-state index contributed by atoms with van der Waals surface area (Å²) in [4.78, 5) is 4.83. The fourth-order valence-electron chi connectivity index (χ4n) is 3.99. The Labute approximate surface area is 208 Å². The quantitative estimate of drug-likeness (QED) is 0.307. The van der Waals surface area contributed by atoms with Crippen molar-refractivity contribution >= 4 is 55.9 Å². The first-order valence-corrected chi connectivity index (χ1v) is 13.6. The first-order valence-electron chi connectivity index (χ1n) is 10.5. The maximum Gasteiger partial charge on any atom is 0.243 e. The molecule has 0 spiro atoms. The highest BCUT2D eigenvalue weighted by Gasteiger charge is 2.31. The molecule has 1 aromatic heterocycles.